The average molecular weight is 313 g/mol. The number of carbonyl (C=O) groups is 2. The second-order valence-corrected chi connectivity index (χ2v) is 5.47. The lowest BCUT2D eigenvalue weighted by atomic mass is 10.1. The van der Waals surface area contributed by atoms with Crippen LogP contribution in [0.5, 0.6) is 0 Å². The lowest BCUT2D eigenvalue weighted by Crippen LogP contribution is -2.48. The molecule has 6 nitrogen and oxygen atoms in total. The van der Waals surface area contributed by atoms with Crippen molar-refractivity contribution in [2.45, 2.75) is 19.4 Å². The molecule has 0 unspecified atom stereocenters. The fourth-order valence-corrected chi connectivity index (χ4v) is 1.94. The number of nitrogens with two attached hydrogens (primary N) is 1. The molecule has 1 saturated heterocycles. The van der Waals surface area contributed by atoms with Crippen molar-refractivity contribution < 1.29 is 9.59 Å². The minimum absolute atomic E-state index is 0. The van der Waals surface area contributed by atoms with Gasteiger partial charge in [0.1, 0.15) is 0 Å². The van der Waals surface area contributed by atoms with E-state index in [9.17, 15) is 9.59 Å². The molecule has 1 aliphatic heterocycles. The number of nitrogens with one attached hydrogen (secondary N) is 2. The van der Waals surface area contributed by atoms with Crippen LogP contribution in [0.1, 0.15) is 24.2 Å². The van der Waals surface area contributed by atoms with Gasteiger partial charge in [-0.3, -0.25) is 9.69 Å². The van der Waals surface area contributed by atoms with Gasteiger partial charge in [-0.1, -0.05) is 0 Å². The second kappa shape index (κ2) is 6.78. The number of halogens is 1. The van der Waals surface area contributed by atoms with Gasteiger partial charge >= 0.3 is 6.03 Å². The first-order valence-electron chi connectivity index (χ1n) is 6.61. The molecule has 0 aliphatic carbocycles. The van der Waals surface area contributed by atoms with Gasteiger partial charge in [0.05, 0.1) is 0 Å². The van der Waals surface area contributed by atoms with Gasteiger partial charge in [0.15, 0.2) is 0 Å². The van der Waals surface area contributed by atoms with Crippen molar-refractivity contribution in [2.24, 2.45) is 5.73 Å². The molecule has 4 N–H and O–H groups in total. The van der Waals surface area contributed by atoms with E-state index in [1.807, 2.05) is 13.8 Å². The molecule has 1 fully saturated rings. The van der Waals surface area contributed by atoms with E-state index in [1.165, 1.54) is 0 Å². The Bertz CT molecular complexity index is 516. The molecule has 0 atom stereocenters. The zero-order chi connectivity index (χ0) is 14.8. The first-order valence-corrected chi connectivity index (χ1v) is 6.61. The average Bonchev–Trinajstić information content (AvgIpc) is 2.85. The molecule has 1 aromatic rings. The Morgan fingerprint density at radius 1 is 1.38 bits per heavy atom. The summed E-state index contributed by atoms with van der Waals surface area (Å²) >= 11 is 0. The van der Waals surface area contributed by atoms with Crippen LogP contribution in [0.25, 0.3) is 0 Å². The van der Waals surface area contributed by atoms with Gasteiger partial charge < -0.3 is 16.4 Å². The van der Waals surface area contributed by atoms with E-state index < -0.39 is 5.54 Å². The van der Waals surface area contributed by atoms with Crippen LogP contribution in [0, 0.1) is 0 Å². The largest absolute Gasteiger partial charge is 0.346 e. The Morgan fingerprint density at radius 3 is 2.48 bits per heavy atom. The summed E-state index contributed by atoms with van der Waals surface area (Å²) in [5.74, 6) is -0.169. The van der Waals surface area contributed by atoms with Crippen LogP contribution in [0.15, 0.2) is 24.3 Å². The van der Waals surface area contributed by atoms with E-state index in [2.05, 4.69) is 10.6 Å². The summed E-state index contributed by atoms with van der Waals surface area (Å²) < 4.78 is 0. The molecule has 7 heteroatoms. The van der Waals surface area contributed by atoms with Gasteiger partial charge in [-0.25, -0.2) is 4.79 Å². The molecule has 0 aromatic heterocycles. The molecule has 2 rings (SSSR count). The molecule has 0 spiro atoms. The summed E-state index contributed by atoms with van der Waals surface area (Å²) in [5, 5.41) is 5.60. The summed E-state index contributed by atoms with van der Waals surface area (Å²) in [7, 11) is 0. The van der Waals surface area contributed by atoms with E-state index >= 15 is 0 Å². The van der Waals surface area contributed by atoms with Crippen molar-refractivity contribution in [3.05, 3.63) is 29.8 Å². The molecule has 1 aliphatic rings. The smallest absolute Gasteiger partial charge is 0.321 e. The second-order valence-electron chi connectivity index (χ2n) is 5.47. The van der Waals surface area contributed by atoms with Crippen molar-refractivity contribution in [2.75, 3.05) is 24.5 Å². The fourth-order valence-electron chi connectivity index (χ4n) is 1.94. The number of carbonyl (C=O) groups excluding carboxylic acids is 2. The minimum atomic E-state index is -0.440. The van der Waals surface area contributed by atoms with Crippen LogP contribution in [-0.2, 0) is 0 Å². The molecule has 1 heterocycles. The number of nitrogens with zero attached hydrogens (tertiary/aromatic N) is 1. The normalized spacial score (nSPS) is 14.4. The monoisotopic (exact) mass is 312 g/mol. The Balaban J connectivity index is 0.00000220. The highest BCUT2D eigenvalue weighted by atomic mass is 35.5. The summed E-state index contributed by atoms with van der Waals surface area (Å²) in [6.45, 7) is 5.39. The number of hydrogen-bond acceptors (Lipinski definition) is 3. The Hall–Kier alpha value is -1.79. The molecule has 0 radical (unpaired) electrons. The molecule has 116 valence electrons. The minimum Gasteiger partial charge on any atom is -0.346 e. The zero-order valence-electron chi connectivity index (χ0n) is 12.2. The van der Waals surface area contributed by atoms with E-state index in [-0.39, 0.29) is 24.3 Å². The van der Waals surface area contributed by atoms with Gasteiger partial charge in [-0.15, -0.1) is 12.4 Å². The van der Waals surface area contributed by atoms with Crippen molar-refractivity contribution in [3.8, 4) is 0 Å². The predicted octanol–water partition coefficient (Wildman–Crippen LogP) is 1.11. The summed E-state index contributed by atoms with van der Waals surface area (Å²) in [5.41, 5.74) is 6.49. The highest BCUT2D eigenvalue weighted by molar-refractivity contribution is 5.97. The lowest BCUT2D eigenvalue weighted by molar-refractivity contribution is 0.0915. The number of rotatable bonds is 4. The first kappa shape index (κ1) is 17.3. The Morgan fingerprint density at radius 2 is 2.00 bits per heavy atom. The van der Waals surface area contributed by atoms with Crippen LogP contribution in [0.3, 0.4) is 0 Å². The highest BCUT2D eigenvalue weighted by Crippen LogP contribution is 2.17. The number of hydrogen-bond donors (Lipinski definition) is 3. The van der Waals surface area contributed by atoms with Gasteiger partial charge in [-0.2, -0.15) is 0 Å². The third kappa shape index (κ3) is 4.09. The first-order chi connectivity index (χ1) is 9.43. The molecule has 1 aromatic carbocycles. The summed E-state index contributed by atoms with van der Waals surface area (Å²) in [6, 6.07) is 6.86. The Kier molecular flexibility index (Phi) is 5.57. The van der Waals surface area contributed by atoms with Crippen LogP contribution in [0.4, 0.5) is 10.5 Å². The van der Waals surface area contributed by atoms with Gasteiger partial charge in [0.25, 0.3) is 5.91 Å². The highest BCUT2D eigenvalue weighted by Gasteiger charge is 2.22. The summed E-state index contributed by atoms with van der Waals surface area (Å²) in [4.78, 5) is 25.2. The van der Waals surface area contributed by atoms with Gasteiger partial charge in [-0.05, 0) is 38.1 Å². The maximum atomic E-state index is 12.1. The maximum absolute atomic E-state index is 12.1. The van der Waals surface area contributed by atoms with Crippen LogP contribution in [0.2, 0.25) is 0 Å². The summed E-state index contributed by atoms with van der Waals surface area (Å²) in [6.07, 6.45) is 0. The van der Waals surface area contributed by atoms with Crippen LogP contribution < -0.4 is 21.3 Å². The van der Waals surface area contributed by atoms with Gasteiger partial charge in [0.2, 0.25) is 0 Å². The zero-order valence-corrected chi connectivity index (χ0v) is 13.0. The Labute approximate surface area is 130 Å². The van der Waals surface area contributed by atoms with Crippen molar-refractivity contribution in [1.29, 1.82) is 0 Å². The molecule has 0 saturated carbocycles. The molecule has 0 bridgehead atoms. The predicted molar refractivity (Wildman–Crippen MR) is 85.0 cm³/mol. The fraction of sp³-hybridized carbons (Fsp3) is 0.429. The molecular weight excluding hydrogens is 292 g/mol. The molecule has 3 amide bonds. The number of benzene rings is 1. The molecule has 21 heavy (non-hydrogen) atoms. The van der Waals surface area contributed by atoms with Crippen LogP contribution >= 0.6 is 12.4 Å². The number of amides is 3. The lowest BCUT2D eigenvalue weighted by Gasteiger charge is -2.24. The quantitative estimate of drug-likeness (QED) is 0.778. The van der Waals surface area contributed by atoms with E-state index in [4.69, 9.17) is 5.73 Å². The van der Waals surface area contributed by atoms with Crippen molar-refractivity contribution >= 4 is 30.0 Å². The third-order valence-electron chi connectivity index (χ3n) is 3.26. The van der Waals surface area contributed by atoms with Crippen molar-refractivity contribution in [3.63, 3.8) is 0 Å². The SMILES string of the molecule is CC(C)(CN)NC(=O)c1ccc(N2CCNC2=O)cc1.Cl. The number of urea groups is 1. The standard InChI is InChI=1S/C14H20N4O2.ClH/c1-14(2,9-15)17-12(19)10-3-5-11(6-4-10)18-8-7-16-13(18)20;/h3-6H,7-9,15H2,1-2H3,(H,16,20)(H,17,19);1H. The van der Waals surface area contributed by atoms with Crippen molar-refractivity contribution in [1.82, 2.24) is 10.6 Å². The maximum Gasteiger partial charge on any atom is 0.321 e. The topological polar surface area (TPSA) is 87.5 Å². The van der Waals surface area contributed by atoms with E-state index in [1.54, 1.807) is 29.2 Å². The van der Waals surface area contributed by atoms with E-state index in [0.717, 1.165) is 5.69 Å². The van der Waals surface area contributed by atoms with Crippen LogP contribution in [-0.4, -0.2) is 37.1 Å². The van der Waals surface area contributed by atoms with E-state index in [0.29, 0.717) is 25.2 Å². The number of anilines is 1. The third-order valence-corrected chi connectivity index (χ3v) is 3.26. The van der Waals surface area contributed by atoms with Gasteiger partial charge in [0, 0.05) is 36.4 Å². The molecular formula is C14H21ClN4O2.